The third-order valence-corrected chi connectivity index (χ3v) is 4.16. The first-order valence-corrected chi connectivity index (χ1v) is 7.42. The van der Waals surface area contributed by atoms with Crippen LogP contribution in [-0.2, 0) is 5.54 Å². The van der Waals surface area contributed by atoms with Crippen LogP contribution in [0.5, 0.6) is 5.88 Å². The van der Waals surface area contributed by atoms with Crippen molar-refractivity contribution in [2.24, 2.45) is 5.11 Å². The molecule has 2 heterocycles. The first kappa shape index (κ1) is 14.9. The molecule has 6 nitrogen and oxygen atoms in total. The molecule has 0 atom stereocenters. The Bertz CT molecular complexity index is 794. The Morgan fingerprint density at radius 3 is 2.68 bits per heavy atom. The van der Waals surface area contributed by atoms with E-state index in [4.69, 9.17) is 21.9 Å². The molecule has 0 saturated heterocycles. The highest BCUT2D eigenvalue weighted by molar-refractivity contribution is 6.30. The van der Waals surface area contributed by atoms with Crippen molar-refractivity contribution >= 4 is 22.4 Å². The average Bonchev–Trinajstić information content (AvgIpc) is 3.15. The van der Waals surface area contributed by atoms with Gasteiger partial charge in [0.25, 0.3) is 0 Å². The van der Waals surface area contributed by atoms with E-state index in [0.717, 1.165) is 29.2 Å². The smallest absolute Gasteiger partial charge is 0.223 e. The molecule has 1 aliphatic rings. The lowest BCUT2D eigenvalue weighted by molar-refractivity contribution is 0.194. The van der Waals surface area contributed by atoms with Gasteiger partial charge in [0.05, 0.1) is 10.9 Å². The molecule has 7 heteroatoms. The number of ether oxygens (including phenoxy) is 1. The molecule has 0 aromatic carbocycles. The highest BCUT2D eigenvalue weighted by atomic mass is 35.5. The lowest BCUT2D eigenvalue weighted by Crippen LogP contribution is -2.17. The highest BCUT2D eigenvalue weighted by Crippen LogP contribution is 2.42. The SMILES string of the molecule is CC1(Oc2ncc(C(C)(C)N=[N+]=[N-])c3cc(Cl)ncc23)CC1. The summed E-state index contributed by atoms with van der Waals surface area (Å²) in [6.07, 6.45) is 5.38. The summed E-state index contributed by atoms with van der Waals surface area (Å²) in [7, 11) is 0. The van der Waals surface area contributed by atoms with E-state index in [1.165, 1.54) is 0 Å². The summed E-state index contributed by atoms with van der Waals surface area (Å²) in [6, 6.07) is 1.75. The van der Waals surface area contributed by atoms with E-state index in [1.54, 1.807) is 18.5 Å². The van der Waals surface area contributed by atoms with E-state index in [-0.39, 0.29) is 5.60 Å². The second-order valence-corrected chi connectivity index (χ2v) is 6.72. The summed E-state index contributed by atoms with van der Waals surface area (Å²) >= 11 is 6.04. The van der Waals surface area contributed by atoms with Gasteiger partial charge in [-0.25, -0.2) is 9.97 Å². The average molecular weight is 318 g/mol. The summed E-state index contributed by atoms with van der Waals surface area (Å²) in [4.78, 5) is 11.5. The first-order chi connectivity index (χ1) is 10.3. The van der Waals surface area contributed by atoms with Gasteiger partial charge < -0.3 is 4.74 Å². The van der Waals surface area contributed by atoms with Gasteiger partial charge >= 0.3 is 0 Å². The van der Waals surface area contributed by atoms with Crippen molar-refractivity contribution in [1.29, 1.82) is 0 Å². The topological polar surface area (TPSA) is 83.8 Å². The van der Waals surface area contributed by atoms with E-state index >= 15 is 0 Å². The second kappa shape index (κ2) is 5.00. The molecule has 22 heavy (non-hydrogen) atoms. The molecule has 0 amide bonds. The predicted octanol–water partition coefficient (Wildman–Crippen LogP) is 4.76. The first-order valence-electron chi connectivity index (χ1n) is 7.05. The number of hydrogen-bond acceptors (Lipinski definition) is 4. The fourth-order valence-electron chi connectivity index (χ4n) is 2.33. The minimum absolute atomic E-state index is 0.137. The molecule has 0 N–H and O–H groups in total. The zero-order chi connectivity index (χ0) is 16.0. The lowest BCUT2D eigenvalue weighted by Gasteiger charge is -2.22. The molecule has 114 valence electrons. The predicted molar refractivity (Wildman–Crippen MR) is 85.0 cm³/mol. The zero-order valence-corrected chi connectivity index (χ0v) is 13.4. The molecule has 1 saturated carbocycles. The van der Waals surface area contributed by atoms with Crippen LogP contribution in [0.2, 0.25) is 5.15 Å². The van der Waals surface area contributed by atoms with Crippen molar-refractivity contribution in [1.82, 2.24) is 9.97 Å². The highest BCUT2D eigenvalue weighted by Gasteiger charge is 2.41. The van der Waals surface area contributed by atoms with E-state index < -0.39 is 5.54 Å². The fraction of sp³-hybridized carbons (Fsp3) is 0.467. The molecule has 0 spiro atoms. The van der Waals surface area contributed by atoms with Gasteiger partial charge in [0.1, 0.15) is 10.8 Å². The van der Waals surface area contributed by atoms with Gasteiger partial charge in [0.2, 0.25) is 5.88 Å². The number of hydrogen-bond donors (Lipinski definition) is 0. The quantitative estimate of drug-likeness (QED) is 0.352. The minimum Gasteiger partial charge on any atom is -0.471 e. The van der Waals surface area contributed by atoms with Crippen molar-refractivity contribution in [2.75, 3.05) is 0 Å². The summed E-state index contributed by atoms with van der Waals surface area (Å²) in [6.45, 7) is 5.72. The minimum atomic E-state index is -0.743. The molecular formula is C15H16ClN5O. The zero-order valence-electron chi connectivity index (χ0n) is 12.7. The number of halogens is 1. The van der Waals surface area contributed by atoms with E-state index in [0.29, 0.717) is 11.0 Å². The van der Waals surface area contributed by atoms with Crippen LogP contribution in [0.4, 0.5) is 0 Å². The Hall–Kier alpha value is -2.04. The summed E-state index contributed by atoms with van der Waals surface area (Å²) in [5, 5.41) is 5.85. The Kier molecular flexibility index (Phi) is 3.38. The fourth-order valence-corrected chi connectivity index (χ4v) is 2.49. The van der Waals surface area contributed by atoms with Gasteiger partial charge in [0.15, 0.2) is 0 Å². The summed E-state index contributed by atoms with van der Waals surface area (Å²) in [5.74, 6) is 0.541. The van der Waals surface area contributed by atoms with Gasteiger partial charge in [-0.05, 0) is 42.3 Å². The van der Waals surface area contributed by atoms with Gasteiger partial charge in [-0.1, -0.05) is 30.6 Å². The number of nitrogens with zero attached hydrogens (tertiary/aromatic N) is 5. The van der Waals surface area contributed by atoms with E-state index in [9.17, 15) is 0 Å². The largest absolute Gasteiger partial charge is 0.471 e. The maximum Gasteiger partial charge on any atom is 0.223 e. The lowest BCUT2D eigenvalue weighted by atomic mass is 9.93. The summed E-state index contributed by atoms with van der Waals surface area (Å²) in [5.41, 5.74) is 8.69. The summed E-state index contributed by atoms with van der Waals surface area (Å²) < 4.78 is 6.00. The van der Waals surface area contributed by atoms with Crippen LogP contribution in [0.3, 0.4) is 0 Å². The van der Waals surface area contributed by atoms with Crippen LogP contribution in [0.1, 0.15) is 39.2 Å². The van der Waals surface area contributed by atoms with Gasteiger partial charge in [-0.15, -0.1) is 0 Å². The van der Waals surface area contributed by atoms with Crippen LogP contribution in [0, 0.1) is 0 Å². The molecule has 1 aliphatic carbocycles. The number of aromatic nitrogens is 2. The maximum atomic E-state index is 8.78. The monoisotopic (exact) mass is 317 g/mol. The molecule has 2 aromatic heterocycles. The Morgan fingerprint density at radius 1 is 1.32 bits per heavy atom. The molecule has 0 aliphatic heterocycles. The molecule has 3 rings (SSSR count). The molecule has 1 fully saturated rings. The number of rotatable bonds is 4. The second-order valence-electron chi connectivity index (χ2n) is 6.33. The van der Waals surface area contributed by atoms with Crippen molar-refractivity contribution in [2.45, 2.75) is 44.8 Å². The van der Waals surface area contributed by atoms with Crippen molar-refractivity contribution in [3.05, 3.63) is 39.6 Å². The standard InChI is InChI=1S/C15H16ClN5O/c1-14(2,20-21-17)11-8-19-13(22-15(3)4-5-15)10-7-18-12(16)6-9(10)11/h6-8H,4-5H2,1-3H3. The number of azide groups is 1. The van der Waals surface area contributed by atoms with Crippen molar-refractivity contribution in [3.63, 3.8) is 0 Å². The number of pyridine rings is 2. The van der Waals surface area contributed by atoms with E-state index in [2.05, 4.69) is 26.9 Å². The van der Waals surface area contributed by atoms with Crippen LogP contribution in [0.25, 0.3) is 21.2 Å². The van der Waals surface area contributed by atoms with Gasteiger partial charge in [0, 0.05) is 17.3 Å². The molecule has 0 unspecified atom stereocenters. The van der Waals surface area contributed by atoms with Crippen LogP contribution in [0.15, 0.2) is 23.6 Å². The Balaban J connectivity index is 2.21. The normalized spacial score (nSPS) is 16.2. The van der Waals surface area contributed by atoms with Crippen molar-refractivity contribution < 1.29 is 4.74 Å². The molecule has 2 aromatic rings. The van der Waals surface area contributed by atoms with Crippen LogP contribution < -0.4 is 4.74 Å². The Morgan fingerprint density at radius 2 is 2.05 bits per heavy atom. The van der Waals surface area contributed by atoms with Gasteiger partial charge in [-0.2, -0.15) is 0 Å². The van der Waals surface area contributed by atoms with Crippen LogP contribution in [-0.4, -0.2) is 15.6 Å². The third-order valence-electron chi connectivity index (χ3n) is 3.95. The third kappa shape index (κ3) is 2.67. The maximum absolute atomic E-state index is 8.78. The van der Waals surface area contributed by atoms with Crippen molar-refractivity contribution in [3.8, 4) is 5.88 Å². The number of fused-ring (bicyclic) bond motifs is 1. The van der Waals surface area contributed by atoms with Gasteiger partial charge in [-0.3, -0.25) is 0 Å². The molecular weight excluding hydrogens is 302 g/mol. The Labute approximate surface area is 133 Å². The van der Waals surface area contributed by atoms with Crippen LogP contribution >= 0.6 is 11.6 Å². The molecule has 0 radical (unpaired) electrons. The molecule has 0 bridgehead atoms. The van der Waals surface area contributed by atoms with E-state index in [1.807, 2.05) is 13.8 Å².